The molecule has 0 aromatic carbocycles. The van der Waals surface area contributed by atoms with Crippen molar-refractivity contribution in [2.45, 2.75) is 60.3 Å². The molecule has 1 nitrogen and oxygen atoms in total. The minimum Gasteiger partial charge on any atom is -0.316 e. The SMILES string of the molecule is CCCCC(C)(C)CNCCC(C)C. The van der Waals surface area contributed by atoms with Crippen LogP contribution in [0.2, 0.25) is 0 Å². The average Bonchev–Trinajstić information content (AvgIpc) is 2.09. The molecular weight excluding hydrogens is 170 g/mol. The van der Waals surface area contributed by atoms with E-state index in [9.17, 15) is 0 Å². The van der Waals surface area contributed by atoms with Crippen LogP contribution < -0.4 is 5.32 Å². The molecule has 1 N–H and O–H groups in total. The van der Waals surface area contributed by atoms with E-state index >= 15 is 0 Å². The van der Waals surface area contributed by atoms with Crippen LogP contribution in [-0.2, 0) is 0 Å². The van der Waals surface area contributed by atoms with Crippen molar-refractivity contribution in [1.29, 1.82) is 0 Å². The van der Waals surface area contributed by atoms with E-state index in [1.165, 1.54) is 38.8 Å². The van der Waals surface area contributed by atoms with Crippen LogP contribution in [0.25, 0.3) is 0 Å². The molecule has 0 heterocycles. The van der Waals surface area contributed by atoms with Gasteiger partial charge in [0.25, 0.3) is 0 Å². The molecule has 0 bridgehead atoms. The van der Waals surface area contributed by atoms with Crippen LogP contribution in [0, 0.1) is 11.3 Å². The van der Waals surface area contributed by atoms with Crippen molar-refractivity contribution < 1.29 is 0 Å². The molecule has 0 amide bonds. The summed E-state index contributed by atoms with van der Waals surface area (Å²) in [5.41, 5.74) is 0.479. The van der Waals surface area contributed by atoms with Crippen LogP contribution in [0.15, 0.2) is 0 Å². The molecule has 14 heavy (non-hydrogen) atoms. The van der Waals surface area contributed by atoms with Gasteiger partial charge >= 0.3 is 0 Å². The summed E-state index contributed by atoms with van der Waals surface area (Å²) in [5, 5.41) is 3.57. The first-order chi connectivity index (χ1) is 6.48. The van der Waals surface area contributed by atoms with Crippen LogP contribution in [-0.4, -0.2) is 13.1 Å². The molecule has 0 aromatic heterocycles. The summed E-state index contributed by atoms with van der Waals surface area (Å²) in [7, 11) is 0. The lowest BCUT2D eigenvalue weighted by atomic mass is 9.87. The molecular formula is C13H29N. The van der Waals surface area contributed by atoms with Crippen LogP contribution >= 0.6 is 0 Å². The Labute approximate surface area is 90.7 Å². The largest absolute Gasteiger partial charge is 0.316 e. The van der Waals surface area contributed by atoms with Gasteiger partial charge in [0.1, 0.15) is 0 Å². The maximum atomic E-state index is 3.57. The zero-order valence-corrected chi connectivity index (χ0v) is 10.8. The topological polar surface area (TPSA) is 12.0 Å². The quantitative estimate of drug-likeness (QED) is 0.586. The highest BCUT2D eigenvalue weighted by Gasteiger charge is 2.15. The minimum atomic E-state index is 0.479. The Bertz CT molecular complexity index is 127. The van der Waals surface area contributed by atoms with Gasteiger partial charge < -0.3 is 5.32 Å². The second kappa shape index (κ2) is 7.28. The summed E-state index contributed by atoms with van der Waals surface area (Å²) in [6.07, 6.45) is 5.32. The Hall–Kier alpha value is -0.0400. The predicted molar refractivity (Wildman–Crippen MR) is 65.6 cm³/mol. The Morgan fingerprint density at radius 1 is 1.21 bits per heavy atom. The van der Waals surface area contributed by atoms with Crippen molar-refractivity contribution >= 4 is 0 Å². The molecule has 0 saturated heterocycles. The van der Waals surface area contributed by atoms with Gasteiger partial charge in [-0.2, -0.15) is 0 Å². The van der Waals surface area contributed by atoms with Crippen LogP contribution in [0.3, 0.4) is 0 Å². The first-order valence-electron chi connectivity index (χ1n) is 6.18. The van der Waals surface area contributed by atoms with E-state index in [2.05, 4.69) is 39.9 Å². The Morgan fingerprint density at radius 3 is 2.36 bits per heavy atom. The third-order valence-electron chi connectivity index (χ3n) is 2.71. The van der Waals surface area contributed by atoms with Gasteiger partial charge in [0.2, 0.25) is 0 Å². The zero-order valence-electron chi connectivity index (χ0n) is 10.8. The smallest absolute Gasteiger partial charge is 0.000252 e. The second-order valence-electron chi connectivity index (χ2n) is 5.63. The van der Waals surface area contributed by atoms with E-state index in [0.717, 1.165) is 5.92 Å². The fraction of sp³-hybridized carbons (Fsp3) is 1.00. The molecule has 0 fully saturated rings. The van der Waals surface area contributed by atoms with Gasteiger partial charge in [0.15, 0.2) is 0 Å². The lowest BCUT2D eigenvalue weighted by molar-refractivity contribution is 0.302. The lowest BCUT2D eigenvalue weighted by Crippen LogP contribution is -2.30. The van der Waals surface area contributed by atoms with E-state index in [1.807, 2.05) is 0 Å². The Kier molecular flexibility index (Phi) is 7.26. The first-order valence-corrected chi connectivity index (χ1v) is 6.18. The van der Waals surface area contributed by atoms with E-state index in [0.29, 0.717) is 5.41 Å². The molecule has 86 valence electrons. The van der Waals surface area contributed by atoms with Crippen molar-refractivity contribution in [2.75, 3.05) is 13.1 Å². The van der Waals surface area contributed by atoms with Crippen LogP contribution in [0.5, 0.6) is 0 Å². The normalized spacial score (nSPS) is 12.4. The monoisotopic (exact) mass is 199 g/mol. The fourth-order valence-electron chi connectivity index (χ4n) is 1.56. The summed E-state index contributed by atoms with van der Waals surface area (Å²) in [6, 6.07) is 0. The van der Waals surface area contributed by atoms with Gasteiger partial charge in [0, 0.05) is 6.54 Å². The molecule has 0 atom stereocenters. The molecule has 0 radical (unpaired) electrons. The molecule has 0 aliphatic rings. The van der Waals surface area contributed by atoms with Gasteiger partial charge in [-0.15, -0.1) is 0 Å². The Balaban J connectivity index is 3.44. The number of unbranched alkanes of at least 4 members (excludes halogenated alkanes) is 1. The Morgan fingerprint density at radius 2 is 1.86 bits per heavy atom. The van der Waals surface area contributed by atoms with E-state index in [-0.39, 0.29) is 0 Å². The molecule has 0 spiro atoms. The van der Waals surface area contributed by atoms with Gasteiger partial charge in [-0.05, 0) is 30.7 Å². The first kappa shape index (κ1) is 14.0. The molecule has 0 aliphatic carbocycles. The highest BCUT2D eigenvalue weighted by atomic mass is 14.9. The van der Waals surface area contributed by atoms with Crippen molar-refractivity contribution in [1.82, 2.24) is 5.32 Å². The summed E-state index contributed by atoms with van der Waals surface area (Å²) in [4.78, 5) is 0. The molecule has 0 rings (SSSR count). The van der Waals surface area contributed by atoms with Gasteiger partial charge in [-0.1, -0.05) is 47.5 Å². The molecule has 0 aromatic rings. The van der Waals surface area contributed by atoms with Crippen molar-refractivity contribution in [2.24, 2.45) is 11.3 Å². The zero-order chi connectivity index (χ0) is 11.0. The molecule has 0 aliphatic heterocycles. The number of rotatable bonds is 8. The summed E-state index contributed by atoms with van der Waals surface area (Å²) in [6.45, 7) is 13.9. The van der Waals surface area contributed by atoms with Crippen LogP contribution in [0.1, 0.15) is 60.3 Å². The molecule has 1 heteroatoms. The molecule has 0 saturated carbocycles. The maximum absolute atomic E-state index is 3.57. The van der Waals surface area contributed by atoms with Gasteiger partial charge in [-0.3, -0.25) is 0 Å². The maximum Gasteiger partial charge on any atom is 0.000252 e. The summed E-state index contributed by atoms with van der Waals surface area (Å²) >= 11 is 0. The number of hydrogen-bond acceptors (Lipinski definition) is 1. The highest BCUT2D eigenvalue weighted by Crippen LogP contribution is 2.21. The van der Waals surface area contributed by atoms with E-state index in [4.69, 9.17) is 0 Å². The number of hydrogen-bond donors (Lipinski definition) is 1. The van der Waals surface area contributed by atoms with Gasteiger partial charge in [-0.25, -0.2) is 0 Å². The lowest BCUT2D eigenvalue weighted by Gasteiger charge is -2.25. The average molecular weight is 199 g/mol. The number of nitrogens with one attached hydrogen (secondary N) is 1. The van der Waals surface area contributed by atoms with E-state index in [1.54, 1.807) is 0 Å². The minimum absolute atomic E-state index is 0.479. The molecule has 0 unspecified atom stereocenters. The standard InChI is InChI=1S/C13H29N/c1-6-7-9-13(4,5)11-14-10-8-12(2)3/h12,14H,6-11H2,1-5H3. The van der Waals surface area contributed by atoms with Crippen molar-refractivity contribution in [3.63, 3.8) is 0 Å². The van der Waals surface area contributed by atoms with Crippen LogP contribution in [0.4, 0.5) is 0 Å². The summed E-state index contributed by atoms with van der Waals surface area (Å²) < 4.78 is 0. The van der Waals surface area contributed by atoms with E-state index < -0.39 is 0 Å². The second-order valence-corrected chi connectivity index (χ2v) is 5.63. The third kappa shape index (κ3) is 8.55. The van der Waals surface area contributed by atoms with Crippen molar-refractivity contribution in [3.05, 3.63) is 0 Å². The fourth-order valence-corrected chi connectivity index (χ4v) is 1.56. The van der Waals surface area contributed by atoms with Gasteiger partial charge in [0.05, 0.1) is 0 Å². The third-order valence-corrected chi connectivity index (χ3v) is 2.71. The predicted octanol–water partition coefficient (Wildman–Crippen LogP) is 3.84. The van der Waals surface area contributed by atoms with Crippen molar-refractivity contribution in [3.8, 4) is 0 Å². The highest BCUT2D eigenvalue weighted by molar-refractivity contribution is 4.71. The summed E-state index contributed by atoms with van der Waals surface area (Å²) in [5.74, 6) is 0.821.